The number of aryl methyl sites for hydroxylation is 1. The molecule has 2 aromatic rings. The Balaban J connectivity index is 2.17. The molecule has 0 radical (unpaired) electrons. The number of carbonyl (C=O) groups is 1. The fourth-order valence-corrected chi connectivity index (χ4v) is 2.62. The molecule has 0 fully saturated rings. The van der Waals surface area contributed by atoms with Crippen LogP contribution >= 0.6 is 11.6 Å². The Morgan fingerprint density at radius 1 is 1.23 bits per heavy atom. The van der Waals surface area contributed by atoms with Crippen LogP contribution in [0.4, 0.5) is 15.8 Å². The fourth-order valence-electron chi connectivity index (χ4n) is 2.35. The van der Waals surface area contributed by atoms with Crippen LogP contribution in [-0.4, -0.2) is 44.2 Å². The van der Waals surface area contributed by atoms with Gasteiger partial charge in [0, 0.05) is 31.9 Å². The summed E-state index contributed by atoms with van der Waals surface area (Å²) in [5.41, 5.74) is 2.83. The molecule has 138 valence electrons. The third-order valence-electron chi connectivity index (χ3n) is 4.13. The van der Waals surface area contributed by atoms with Crippen molar-refractivity contribution in [2.24, 2.45) is 4.99 Å². The number of anilines is 1. The molecule has 0 aliphatic carbocycles. The first kappa shape index (κ1) is 19.9. The van der Waals surface area contributed by atoms with E-state index in [0.717, 1.165) is 23.5 Å². The molecule has 0 unspecified atom stereocenters. The molecule has 0 heterocycles. The molecule has 2 aromatic carbocycles. The molecule has 0 aliphatic heterocycles. The Hall–Kier alpha value is -2.40. The number of carbonyl (C=O) groups excluding carboxylic acids is 1. The first-order chi connectivity index (χ1) is 12.3. The molecule has 0 bridgehead atoms. The van der Waals surface area contributed by atoms with E-state index in [4.69, 9.17) is 11.6 Å². The van der Waals surface area contributed by atoms with E-state index in [-0.39, 0.29) is 18.1 Å². The molecule has 0 saturated carbocycles. The highest BCUT2D eigenvalue weighted by molar-refractivity contribution is 6.34. The standard InChI is InChI=1S/C20H23ClFN3O/c1-5-24(3)13-23-19-11-18(21)17(10-14(19)2)20(26)12-25(4)16-8-6-15(22)7-9-16/h6-11,13H,5,12H2,1-4H3. The number of ketones is 1. The normalized spacial score (nSPS) is 11.0. The second kappa shape index (κ2) is 8.81. The molecule has 0 atom stereocenters. The van der Waals surface area contributed by atoms with Gasteiger partial charge in [-0.2, -0.15) is 0 Å². The third kappa shape index (κ3) is 5.05. The zero-order chi connectivity index (χ0) is 19.3. The van der Waals surface area contributed by atoms with E-state index in [2.05, 4.69) is 4.99 Å². The molecular formula is C20H23ClFN3O. The van der Waals surface area contributed by atoms with E-state index in [0.29, 0.717) is 10.6 Å². The maximum Gasteiger partial charge on any atom is 0.183 e. The van der Waals surface area contributed by atoms with Crippen LogP contribution in [0.15, 0.2) is 41.4 Å². The molecule has 4 nitrogen and oxygen atoms in total. The average Bonchev–Trinajstić information content (AvgIpc) is 2.62. The summed E-state index contributed by atoms with van der Waals surface area (Å²) in [6.07, 6.45) is 1.74. The van der Waals surface area contributed by atoms with Gasteiger partial charge in [0.1, 0.15) is 5.82 Å². The summed E-state index contributed by atoms with van der Waals surface area (Å²) in [4.78, 5) is 20.8. The average molecular weight is 376 g/mol. The van der Waals surface area contributed by atoms with Crippen LogP contribution in [0.2, 0.25) is 5.02 Å². The van der Waals surface area contributed by atoms with Crippen molar-refractivity contribution in [3.05, 3.63) is 58.4 Å². The second-order valence-electron chi connectivity index (χ2n) is 6.19. The van der Waals surface area contributed by atoms with Crippen LogP contribution in [0.1, 0.15) is 22.8 Å². The van der Waals surface area contributed by atoms with Gasteiger partial charge in [0.05, 0.1) is 23.6 Å². The summed E-state index contributed by atoms with van der Waals surface area (Å²) in [7, 11) is 3.72. The molecule has 0 amide bonds. The lowest BCUT2D eigenvalue weighted by Gasteiger charge is -2.19. The summed E-state index contributed by atoms with van der Waals surface area (Å²) >= 11 is 6.32. The van der Waals surface area contributed by atoms with E-state index >= 15 is 0 Å². The van der Waals surface area contributed by atoms with Crippen LogP contribution in [-0.2, 0) is 0 Å². The summed E-state index contributed by atoms with van der Waals surface area (Å²) in [6, 6.07) is 9.49. The number of nitrogens with zero attached hydrogens (tertiary/aromatic N) is 3. The topological polar surface area (TPSA) is 35.9 Å². The van der Waals surface area contributed by atoms with Gasteiger partial charge in [-0.15, -0.1) is 0 Å². The number of likely N-dealkylation sites (N-methyl/N-ethyl adjacent to an activating group) is 1. The highest BCUT2D eigenvalue weighted by atomic mass is 35.5. The molecule has 0 spiro atoms. The molecule has 0 aliphatic rings. The van der Waals surface area contributed by atoms with Crippen LogP contribution in [0.3, 0.4) is 0 Å². The fraction of sp³-hybridized carbons (Fsp3) is 0.300. The minimum absolute atomic E-state index is 0.105. The van der Waals surface area contributed by atoms with E-state index in [9.17, 15) is 9.18 Å². The number of aliphatic imine (C=N–C) groups is 1. The molecule has 6 heteroatoms. The number of hydrogen-bond acceptors (Lipinski definition) is 3. The number of hydrogen-bond donors (Lipinski definition) is 0. The summed E-state index contributed by atoms with van der Waals surface area (Å²) in [5, 5.41) is 0.374. The van der Waals surface area contributed by atoms with E-state index in [1.165, 1.54) is 12.1 Å². The first-order valence-electron chi connectivity index (χ1n) is 8.36. The van der Waals surface area contributed by atoms with Gasteiger partial charge >= 0.3 is 0 Å². The van der Waals surface area contributed by atoms with E-state index < -0.39 is 0 Å². The van der Waals surface area contributed by atoms with Crippen molar-refractivity contribution in [2.45, 2.75) is 13.8 Å². The Kier molecular flexibility index (Phi) is 6.75. The predicted octanol–water partition coefficient (Wildman–Crippen LogP) is 4.72. The first-order valence-corrected chi connectivity index (χ1v) is 8.74. The lowest BCUT2D eigenvalue weighted by molar-refractivity contribution is 0.100. The van der Waals surface area contributed by atoms with Crippen molar-refractivity contribution in [1.29, 1.82) is 0 Å². The largest absolute Gasteiger partial charge is 0.367 e. The number of rotatable bonds is 7. The summed E-state index contributed by atoms with van der Waals surface area (Å²) in [5.74, 6) is -0.414. The maximum atomic E-state index is 13.0. The SMILES string of the molecule is CCN(C)C=Nc1cc(Cl)c(C(=O)CN(C)c2ccc(F)cc2)cc1C. The zero-order valence-corrected chi connectivity index (χ0v) is 16.2. The number of Topliss-reactive ketones (excluding diaryl/α,β-unsaturated/α-hetero) is 1. The molecule has 0 aromatic heterocycles. The van der Waals surface area contributed by atoms with Gasteiger partial charge in [0.2, 0.25) is 0 Å². The van der Waals surface area contributed by atoms with Gasteiger partial charge < -0.3 is 9.80 Å². The molecule has 2 rings (SSSR count). The van der Waals surface area contributed by atoms with Gasteiger partial charge in [-0.05, 0) is 55.8 Å². The van der Waals surface area contributed by atoms with Crippen molar-refractivity contribution < 1.29 is 9.18 Å². The number of benzene rings is 2. The van der Waals surface area contributed by atoms with Gasteiger partial charge in [0.25, 0.3) is 0 Å². The van der Waals surface area contributed by atoms with Crippen molar-refractivity contribution >= 4 is 35.1 Å². The van der Waals surface area contributed by atoms with Crippen LogP contribution < -0.4 is 4.90 Å². The summed E-state index contributed by atoms with van der Waals surface area (Å²) < 4.78 is 13.0. The Labute approximate surface area is 158 Å². The van der Waals surface area contributed by atoms with Gasteiger partial charge in [0.15, 0.2) is 5.78 Å². The second-order valence-corrected chi connectivity index (χ2v) is 6.60. The molecule has 26 heavy (non-hydrogen) atoms. The van der Waals surface area contributed by atoms with Crippen LogP contribution in [0.25, 0.3) is 0 Å². The molecular weight excluding hydrogens is 353 g/mol. The van der Waals surface area contributed by atoms with Gasteiger partial charge in [-0.1, -0.05) is 11.6 Å². The highest BCUT2D eigenvalue weighted by Gasteiger charge is 2.15. The van der Waals surface area contributed by atoms with Gasteiger partial charge in [-0.25, -0.2) is 9.38 Å². The maximum absolute atomic E-state index is 13.0. The molecule has 0 N–H and O–H groups in total. The van der Waals surface area contributed by atoms with Crippen LogP contribution in [0, 0.1) is 12.7 Å². The van der Waals surface area contributed by atoms with Crippen molar-refractivity contribution in [3.8, 4) is 0 Å². The minimum Gasteiger partial charge on any atom is -0.367 e. The summed E-state index contributed by atoms with van der Waals surface area (Å²) in [6.45, 7) is 4.93. The Morgan fingerprint density at radius 2 is 1.88 bits per heavy atom. The quantitative estimate of drug-likeness (QED) is 0.399. The predicted molar refractivity (Wildman–Crippen MR) is 107 cm³/mol. The van der Waals surface area contributed by atoms with E-state index in [1.54, 1.807) is 42.6 Å². The molecule has 0 saturated heterocycles. The van der Waals surface area contributed by atoms with E-state index in [1.807, 2.05) is 25.8 Å². The smallest absolute Gasteiger partial charge is 0.183 e. The van der Waals surface area contributed by atoms with Crippen molar-refractivity contribution in [2.75, 3.05) is 32.1 Å². The number of halogens is 2. The van der Waals surface area contributed by atoms with Crippen molar-refractivity contribution in [1.82, 2.24) is 4.90 Å². The van der Waals surface area contributed by atoms with Gasteiger partial charge in [-0.3, -0.25) is 4.79 Å². The lowest BCUT2D eigenvalue weighted by atomic mass is 10.1. The van der Waals surface area contributed by atoms with Crippen LogP contribution in [0.5, 0.6) is 0 Å². The van der Waals surface area contributed by atoms with Crippen molar-refractivity contribution in [3.63, 3.8) is 0 Å². The zero-order valence-electron chi connectivity index (χ0n) is 15.5. The third-order valence-corrected chi connectivity index (χ3v) is 4.44. The lowest BCUT2D eigenvalue weighted by Crippen LogP contribution is -2.25. The highest BCUT2D eigenvalue weighted by Crippen LogP contribution is 2.28. The Bertz CT molecular complexity index is 805. The Morgan fingerprint density at radius 3 is 2.50 bits per heavy atom. The minimum atomic E-state index is -0.308. The monoisotopic (exact) mass is 375 g/mol.